The Morgan fingerprint density at radius 1 is 1.36 bits per heavy atom. The predicted octanol–water partition coefficient (Wildman–Crippen LogP) is -1.05. The Hall–Kier alpha value is -2.57. The number of aliphatic hydroxyl groups excluding tert-OH is 3. The number of nitroso groups, excluding NO2 is 1. The van der Waals surface area contributed by atoms with Crippen molar-refractivity contribution in [2.24, 2.45) is 5.29 Å². The highest BCUT2D eigenvalue weighted by molar-refractivity contribution is 5.84. The van der Waals surface area contributed by atoms with Crippen molar-refractivity contribution < 1.29 is 35.1 Å². The van der Waals surface area contributed by atoms with Crippen LogP contribution in [0.3, 0.4) is 0 Å². The topological polar surface area (TPSA) is 176 Å². The summed E-state index contributed by atoms with van der Waals surface area (Å²) in [5.74, 6) is -3.86. The van der Waals surface area contributed by atoms with Crippen molar-refractivity contribution >= 4 is 16.9 Å². The van der Waals surface area contributed by atoms with Gasteiger partial charge in [0.2, 0.25) is 5.79 Å². The van der Waals surface area contributed by atoms with Crippen LogP contribution in [0.15, 0.2) is 35.7 Å². The van der Waals surface area contributed by atoms with Crippen molar-refractivity contribution in [3.05, 3.63) is 40.9 Å². The van der Waals surface area contributed by atoms with Crippen LogP contribution in [0, 0.1) is 4.91 Å². The quantitative estimate of drug-likeness (QED) is 0.252. The van der Waals surface area contributed by atoms with Gasteiger partial charge in [-0.1, -0.05) is 18.2 Å². The SMILES string of the molecule is O=NN(CC1(O)OC[C@@H](O)[C@@H](O)C1O)C(Cc1c[nH]c2ccccc12)C(=O)O. The molecule has 3 rings (SSSR count). The predicted molar refractivity (Wildman–Crippen MR) is 94.8 cm³/mol. The first-order chi connectivity index (χ1) is 13.3. The maximum Gasteiger partial charge on any atom is 0.328 e. The Bertz CT molecular complexity index is 858. The number of carbonyl (C=O) groups is 1. The lowest BCUT2D eigenvalue weighted by Crippen LogP contribution is -2.65. The zero-order valence-corrected chi connectivity index (χ0v) is 14.7. The van der Waals surface area contributed by atoms with E-state index in [9.17, 15) is 35.2 Å². The Morgan fingerprint density at radius 2 is 2.07 bits per heavy atom. The molecule has 11 heteroatoms. The number of para-hydroxylation sites is 1. The van der Waals surface area contributed by atoms with Gasteiger partial charge >= 0.3 is 5.97 Å². The summed E-state index contributed by atoms with van der Waals surface area (Å²) in [5.41, 5.74) is 1.40. The van der Waals surface area contributed by atoms with Gasteiger partial charge in [-0.25, -0.2) is 9.80 Å². The normalized spacial score (nSPS) is 28.8. The van der Waals surface area contributed by atoms with Crippen LogP contribution in [0.4, 0.5) is 0 Å². The number of aliphatic carboxylic acids is 1. The third-order valence-corrected chi connectivity index (χ3v) is 4.91. The average Bonchev–Trinajstić information content (AvgIpc) is 3.09. The summed E-state index contributed by atoms with van der Waals surface area (Å²) in [7, 11) is 0. The molecular weight excluding hydrogens is 374 g/mol. The first-order valence-corrected chi connectivity index (χ1v) is 8.55. The summed E-state index contributed by atoms with van der Waals surface area (Å²) in [6, 6.07) is 5.73. The molecule has 152 valence electrons. The summed E-state index contributed by atoms with van der Waals surface area (Å²) in [6.07, 6.45) is -3.64. The number of rotatable bonds is 7. The molecule has 6 N–H and O–H groups in total. The fourth-order valence-corrected chi connectivity index (χ4v) is 3.29. The van der Waals surface area contributed by atoms with Crippen molar-refractivity contribution in [2.45, 2.75) is 36.6 Å². The van der Waals surface area contributed by atoms with Gasteiger partial charge in [0.1, 0.15) is 18.3 Å². The summed E-state index contributed by atoms with van der Waals surface area (Å²) in [5, 5.41) is 53.3. The zero-order chi connectivity index (χ0) is 20.5. The highest BCUT2D eigenvalue weighted by Crippen LogP contribution is 2.27. The van der Waals surface area contributed by atoms with Crippen LogP contribution in [-0.4, -0.2) is 84.8 Å². The van der Waals surface area contributed by atoms with E-state index in [0.29, 0.717) is 10.6 Å². The number of aliphatic hydroxyl groups is 4. The van der Waals surface area contributed by atoms with Gasteiger partial charge in [0, 0.05) is 23.5 Å². The Balaban J connectivity index is 1.83. The van der Waals surface area contributed by atoms with Crippen molar-refractivity contribution in [1.29, 1.82) is 0 Å². The molecule has 0 amide bonds. The highest BCUT2D eigenvalue weighted by Gasteiger charge is 2.50. The molecule has 0 bridgehead atoms. The fourth-order valence-electron chi connectivity index (χ4n) is 3.29. The summed E-state index contributed by atoms with van der Waals surface area (Å²) >= 11 is 0. The number of carboxylic acid groups (broad SMARTS) is 1. The van der Waals surface area contributed by atoms with Gasteiger partial charge in [-0.05, 0) is 11.6 Å². The first-order valence-electron chi connectivity index (χ1n) is 8.55. The molecule has 1 saturated heterocycles. The van der Waals surface area contributed by atoms with Gasteiger partial charge in [0.25, 0.3) is 0 Å². The van der Waals surface area contributed by atoms with Crippen LogP contribution in [0.1, 0.15) is 5.56 Å². The van der Waals surface area contributed by atoms with E-state index in [4.69, 9.17) is 4.74 Å². The number of aromatic nitrogens is 1. The number of hydrogen-bond donors (Lipinski definition) is 6. The molecule has 11 nitrogen and oxygen atoms in total. The molecule has 2 heterocycles. The minimum Gasteiger partial charge on any atom is -0.480 e. The van der Waals surface area contributed by atoms with E-state index in [1.165, 1.54) is 0 Å². The molecule has 0 aliphatic carbocycles. The number of fused-ring (bicyclic) bond motifs is 1. The number of hydrogen-bond acceptors (Lipinski definition) is 8. The second kappa shape index (κ2) is 7.81. The monoisotopic (exact) mass is 395 g/mol. The zero-order valence-electron chi connectivity index (χ0n) is 14.7. The molecule has 1 aromatic carbocycles. The van der Waals surface area contributed by atoms with Crippen LogP contribution < -0.4 is 0 Å². The Morgan fingerprint density at radius 3 is 2.75 bits per heavy atom. The van der Waals surface area contributed by atoms with Crippen molar-refractivity contribution in [3.8, 4) is 0 Å². The molecule has 1 aliphatic heterocycles. The smallest absolute Gasteiger partial charge is 0.328 e. The van der Waals surface area contributed by atoms with E-state index in [1.807, 2.05) is 12.1 Å². The molecule has 2 aromatic rings. The first kappa shape index (κ1) is 20.2. The molecule has 0 spiro atoms. The minimum absolute atomic E-state index is 0.123. The number of carboxylic acids is 1. The summed E-state index contributed by atoms with van der Waals surface area (Å²) in [6.45, 7) is -1.33. The Kier molecular flexibility index (Phi) is 5.63. The molecule has 28 heavy (non-hydrogen) atoms. The standard InChI is InChI=1S/C17H21N3O8/c21-13-7-28-17(26,15(23)14(13)22)8-20(19-27)12(16(24)25)5-9-6-18-11-4-2-1-3-10(9)11/h1-4,6,12-15,18,21-23,26H,5,7-8H2,(H,24,25)/t12?,13-,14-,15?,17?/m1/s1. The summed E-state index contributed by atoms with van der Waals surface area (Å²) < 4.78 is 4.98. The molecular formula is C17H21N3O8. The Labute approximate surface area is 158 Å². The molecule has 1 fully saturated rings. The number of ether oxygens (including phenoxy) is 1. The third kappa shape index (κ3) is 3.70. The molecule has 0 radical (unpaired) electrons. The molecule has 1 aromatic heterocycles. The minimum atomic E-state index is -2.49. The number of aromatic amines is 1. The highest BCUT2D eigenvalue weighted by atomic mass is 16.6. The van der Waals surface area contributed by atoms with E-state index in [1.54, 1.807) is 18.3 Å². The number of nitrogens with zero attached hydrogens (tertiary/aromatic N) is 2. The van der Waals surface area contributed by atoms with Gasteiger partial charge in [0.05, 0.1) is 18.4 Å². The van der Waals surface area contributed by atoms with Gasteiger partial charge in [-0.2, -0.15) is 0 Å². The van der Waals surface area contributed by atoms with E-state index in [-0.39, 0.29) is 6.42 Å². The second-order valence-electron chi connectivity index (χ2n) is 6.76. The van der Waals surface area contributed by atoms with E-state index in [2.05, 4.69) is 10.3 Å². The van der Waals surface area contributed by atoms with Crippen LogP contribution in [0.5, 0.6) is 0 Å². The van der Waals surface area contributed by atoms with Crippen molar-refractivity contribution in [2.75, 3.05) is 13.2 Å². The van der Waals surface area contributed by atoms with E-state index in [0.717, 1.165) is 10.9 Å². The lowest BCUT2D eigenvalue weighted by atomic mass is 9.96. The lowest BCUT2D eigenvalue weighted by molar-refractivity contribution is -0.326. The maximum atomic E-state index is 11.8. The number of benzene rings is 1. The van der Waals surface area contributed by atoms with Crippen LogP contribution >= 0.6 is 0 Å². The van der Waals surface area contributed by atoms with E-state index < -0.39 is 49.3 Å². The average molecular weight is 395 g/mol. The van der Waals surface area contributed by atoms with Crippen molar-refractivity contribution in [1.82, 2.24) is 9.99 Å². The molecule has 5 atom stereocenters. The van der Waals surface area contributed by atoms with Crippen molar-refractivity contribution in [3.63, 3.8) is 0 Å². The molecule has 3 unspecified atom stereocenters. The van der Waals surface area contributed by atoms with Crippen LogP contribution in [0.2, 0.25) is 0 Å². The van der Waals surface area contributed by atoms with Crippen LogP contribution in [0.25, 0.3) is 10.9 Å². The molecule has 1 aliphatic rings. The van der Waals surface area contributed by atoms with Gasteiger partial charge in [-0.15, -0.1) is 4.91 Å². The fraction of sp³-hybridized carbons (Fsp3) is 0.471. The van der Waals surface area contributed by atoms with Gasteiger partial charge in [-0.3, -0.25) is 0 Å². The lowest BCUT2D eigenvalue weighted by Gasteiger charge is -2.43. The van der Waals surface area contributed by atoms with Gasteiger partial charge < -0.3 is 35.3 Å². The van der Waals surface area contributed by atoms with Crippen LogP contribution in [-0.2, 0) is 16.0 Å². The number of nitrogens with one attached hydrogen (secondary N) is 1. The number of H-pyrrole nitrogens is 1. The van der Waals surface area contributed by atoms with Gasteiger partial charge in [0.15, 0.2) is 6.04 Å². The second-order valence-corrected chi connectivity index (χ2v) is 6.76. The maximum absolute atomic E-state index is 11.8. The van der Waals surface area contributed by atoms with E-state index >= 15 is 0 Å². The largest absolute Gasteiger partial charge is 0.480 e. The third-order valence-electron chi connectivity index (χ3n) is 4.91. The molecule has 0 saturated carbocycles. The summed E-state index contributed by atoms with van der Waals surface area (Å²) in [4.78, 5) is 26.1.